The van der Waals surface area contributed by atoms with Crippen molar-refractivity contribution in [1.29, 1.82) is 0 Å². The molecule has 1 unspecified atom stereocenters. The van der Waals surface area contributed by atoms with Gasteiger partial charge in [-0.3, -0.25) is 0 Å². The molecule has 0 saturated carbocycles. The number of rotatable bonds is 9. The van der Waals surface area contributed by atoms with Crippen molar-refractivity contribution >= 4 is 10.5 Å². The van der Waals surface area contributed by atoms with Gasteiger partial charge in [0.1, 0.15) is 16.8 Å². The van der Waals surface area contributed by atoms with Crippen LogP contribution in [0.4, 0.5) is 0 Å². The van der Waals surface area contributed by atoms with E-state index in [-0.39, 0.29) is 6.29 Å². The average Bonchev–Trinajstić information content (AvgIpc) is 2.17. The molecule has 0 saturated heterocycles. The maximum Gasteiger partial charge on any atom is 0.149 e. The second kappa shape index (κ2) is 10.2. The van der Waals surface area contributed by atoms with E-state index in [0.717, 1.165) is 49.6 Å². The van der Waals surface area contributed by atoms with Gasteiger partial charge in [-0.15, -0.1) is 0 Å². The first-order valence-electron chi connectivity index (χ1n) is 5.07. The van der Waals surface area contributed by atoms with Crippen LogP contribution in [0.2, 0.25) is 0 Å². The van der Waals surface area contributed by atoms with Crippen LogP contribution in [-0.2, 0) is 13.9 Å². The summed E-state index contributed by atoms with van der Waals surface area (Å²) in [5, 5.41) is 0. The molecule has 0 N–H and O–H groups in total. The molecule has 0 radical (unpaired) electrons. The van der Waals surface area contributed by atoms with Crippen molar-refractivity contribution in [2.45, 2.75) is 39.4 Å². The fourth-order valence-electron chi connectivity index (χ4n) is 0.944. The van der Waals surface area contributed by atoms with E-state index >= 15 is 0 Å². The summed E-state index contributed by atoms with van der Waals surface area (Å²) in [5.41, 5.74) is 0. The van der Waals surface area contributed by atoms with Crippen molar-refractivity contribution in [3.8, 4) is 0 Å². The predicted molar refractivity (Wildman–Crippen MR) is 56.8 cm³/mol. The molecule has 0 aliphatic heterocycles. The Bertz CT molecular complexity index is 101. The van der Waals surface area contributed by atoms with E-state index in [2.05, 4.69) is 13.8 Å². The summed E-state index contributed by atoms with van der Waals surface area (Å²) in [6.45, 7) is 6.55. The van der Waals surface area contributed by atoms with Gasteiger partial charge >= 0.3 is 0 Å². The third-order valence-corrected chi connectivity index (χ3v) is 2.14. The Kier molecular flexibility index (Phi) is 10.3. The molecule has 0 fully saturated rings. The summed E-state index contributed by atoms with van der Waals surface area (Å²) in [5.74, 6) is 0. The Morgan fingerprint density at radius 3 is 2.31 bits per heavy atom. The number of hydrogen-bond donors (Lipinski definition) is 0. The SMILES string of the molecule is CCCOCCC(O[SiH3])OCCC. The maximum absolute atomic E-state index is 5.45. The van der Waals surface area contributed by atoms with Crippen molar-refractivity contribution < 1.29 is 13.9 Å². The van der Waals surface area contributed by atoms with E-state index in [1.807, 2.05) is 0 Å². The smallest absolute Gasteiger partial charge is 0.149 e. The molecular weight excluding hydrogens is 184 g/mol. The van der Waals surface area contributed by atoms with Crippen LogP contribution in [0.1, 0.15) is 33.1 Å². The van der Waals surface area contributed by atoms with Gasteiger partial charge in [0.2, 0.25) is 0 Å². The average molecular weight is 206 g/mol. The predicted octanol–water partition coefficient (Wildman–Crippen LogP) is 0.853. The van der Waals surface area contributed by atoms with Crippen molar-refractivity contribution in [2.75, 3.05) is 19.8 Å². The van der Waals surface area contributed by atoms with Gasteiger partial charge < -0.3 is 13.9 Å². The summed E-state index contributed by atoms with van der Waals surface area (Å²) in [6, 6.07) is 0. The summed E-state index contributed by atoms with van der Waals surface area (Å²) >= 11 is 0. The molecule has 0 amide bonds. The van der Waals surface area contributed by atoms with E-state index < -0.39 is 0 Å². The molecule has 4 heteroatoms. The highest BCUT2D eigenvalue weighted by Crippen LogP contribution is 2.00. The molecule has 0 aromatic carbocycles. The van der Waals surface area contributed by atoms with Gasteiger partial charge in [0.15, 0.2) is 0 Å². The van der Waals surface area contributed by atoms with Crippen LogP contribution in [0.25, 0.3) is 0 Å². The first kappa shape index (κ1) is 13.1. The minimum Gasteiger partial charge on any atom is -0.404 e. The van der Waals surface area contributed by atoms with Gasteiger partial charge in [-0.2, -0.15) is 0 Å². The lowest BCUT2D eigenvalue weighted by atomic mass is 10.4. The minimum atomic E-state index is -0.0385. The highest BCUT2D eigenvalue weighted by Gasteiger charge is 2.05. The zero-order valence-electron chi connectivity index (χ0n) is 9.04. The standard InChI is InChI=1S/C9H22O3Si/c1-3-6-10-8-5-9(12-13)11-7-4-2/h9H,3-8H2,1-2,13H3. The molecule has 0 bridgehead atoms. The molecule has 0 aliphatic rings. The molecule has 0 aromatic heterocycles. The second-order valence-electron chi connectivity index (χ2n) is 2.94. The van der Waals surface area contributed by atoms with E-state index in [1.54, 1.807) is 0 Å². The van der Waals surface area contributed by atoms with E-state index in [9.17, 15) is 0 Å². The van der Waals surface area contributed by atoms with E-state index in [0.29, 0.717) is 0 Å². The molecule has 1 atom stereocenters. The fraction of sp³-hybridized carbons (Fsp3) is 1.00. The topological polar surface area (TPSA) is 27.7 Å². The quantitative estimate of drug-likeness (QED) is 0.318. The molecular formula is C9H22O3Si. The first-order chi connectivity index (χ1) is 6.35. The summed E-state index contributed by atoms with van der Waals surface area (Å²) in [4.78, 5) is 0. The zero-order chi connectivity index (χ0) is 9.94. The summed E-state index contributed by atoms with van der Waals surface area (Å²) < 4.78 is 16.1. The highest BCUT2D eigenvalue weighted by atomic mass is 28.2. The van der Waals surface area contributed by atoms with Crippen LogP contribution >= 0.6 is 0 Å². The largest absolute Gasteiger partial charge is 0.404 e. The summed E-state index contributed by atoms with van der Waals surface area (Å²) in [6.07, 6.45) is 2.92. The lowest BCUT2D eigenvalue weighted by Crippen LogP contribution is -2.19. The van der Waals surface area contributed by atoms with E-state index in [4.69, 9.17) is 13.9 Å². The van der Waals surface area contributed by atoms with Gasteiger partial charge in [-0.25, -0.2) is 0 Å². The molecule has 0 aromatic rings. The van der Waals surface area contributed by atoms with Gasteiger partial charge in [0.05, 0.1) is 6.61 Å². The van der Waals surface area contributed by atoms with Crippen molar-refractivity contribution in [3.63, 3.8) is 0 Å². The molecule has 0 aliphatic carbocycles. The number of hydrogen-bond acceptors (Lipinski definition) is 3. The Hall–Kier alpha value is 0.0969. The fourth-order valence-corrected chi connectivity index (χ4v) is 1.32. The monoisotopic (exact) mass is 206 g/mol. The molecule has 13 heavy (non-hydrogen) atoms. The Morgan fingerprint density at radius 1 is 1.08 bits per heavy atom. The Balaban J connectivity index is 3.25. The molecule has 0 spiro atoms. The van der Waals surface area contributed by atoms with Crippen molar-refractivity contribution in [1.82, 2.24) is 0 Å². The van der Waals surface area contributed by atoms with Crippen LogP contribution in [0.3, 0.4) is 0 Å². The molecule has 0 rings (SSSR count). The van der Waals surface area contributed by atoms with Crippen LogP contribution in [0.15, 0.2) is 0 Å². The third kappa shape index (κ3) is 8.43. The lowest BCUT2D eigenvalue weighted by Gasteiger charge is -2.16. The van der Waals surface area contributed by atoms with Crippen LogP contribution in [0.5, 0.6) is 0 Å². The van der Waals surface area contributed by atoms with Crippen molar-refractivity contribution in [2.24, 2.45) is 0 Å². The van der Waals surface area contributed by atoms with Gasteiger partial charge in [-0.1, -0.05) is 13.8 Å². The van der Waals surface area contributed by atoms with Crippen molar-refractivity contribution in [3.05, 3.63) is 0 Å². The third-order valence-electron chi connectivity index (χ3n) is 1.62. The normalized spacial score (nSPS) is 13.4. The van der Waals surface area contributed by atoms with Gasteiger partial charge in [0, 0.05) is 19.6 Å². The Morgan fingerprint density at radius 2 is 1.77 bits per heavy atom. The maximum atomic E-state index is 5.45. The van der Waals surface area contributed by atoms with Gasteiger partial charge in [-0.05, 0) is 12.8 Å². The first-order valence-corrected chi connectivity index (χ1v) is 5.88. The van der Waals surface area contributed by atoms with Crippen LogP contribution < -0.4 is 0 Å². The minimum absolute atomic E-state index is 0.0385. The van der Waals surface area contributed by atoms with Crippen LogP contribution in [-0.4, -0.2) is 36.6 Å². The lowest BCUT2D eigenvalue weighted by molar-refractivity contribution is -0.0917. The molecule has 80 valence electrons. The number of ether oxygens (including phenoxy) is 2. The van der Waals surface area contributed by atoms with Gasteiger partial charge in [0.25, 0.3) is 0 Å². The molecule has 3 nitrogen and oxygen atoms in total. The second-order valence-corrected chi connectivity index (χ2v) is 3.41. The van der Waals surface area contributed by atoms with Crippen LogP contribution in [0, 0.1) is 0 Å². The Labute approximate surface area is 84.3 Å². The van der Waals surface area contributed by atoms with E-state index in [1.165, 1.54) is 0 Å². The zero-order valence-corrected chi connectivity index (χ0v) is 11.0. The molecule has 0 heterocycles. The summed E-state index contributed by atoms with van der Waals surface area (Å²) in [7, 11) is 0.728. The highest BCUT2D eigenvalue weighted by molar-refractivity contribution is 5.98.